The third-order valence-corrected chi connectivity index (χ3v) is 7.88. The summed E-state index contributed by atoms with van der Waals surface area (Å²) < 4.78 is 0. The van der Waals surface area contributed by atoms with Gasteiger partial charge in [0.2, 0.25) is 11.8 Å². The molecule has 0 radical (unpaired) electrons. The van der Waals surface area contributed by atoms with E-state index in [4.69, 9.17) is 0 Å². The average molecular weight is 473 g/mol. The van der Waals surface area contributed by atoms with Crippen molar-refractivity contribution >= 4 is 28.8 Å². The SMILES string of the molecule is CCCCC(=O)N1c2ccccc2[C@@](C)(c2ccc3c(c2)C(C)=CC(C)(C)N3C(C)=O)CC1(C)C. The number of hydrogen-bond donors (Lipinski definition) is 0. The van der Waals surface area contributed by atoms with Crippen molar-refractivity contribution in [3.8, 4) is 0 Å². The van der Waals surface area contributed by atoms with Crippen molar-refractivity contribution in [1.82, 2.24) is 0 Å². The van der Waals surface area contributed by atoms with Crippen molar-refractivity contribution in [2.24, 2.45) is 0 Å². The van der Waals surface area contributed by atoms with Gasteiger partial charge >= 0.3 is 0 Å². The average Bonchev–Trinajstić information content (AvgIpc) is 2.76. The molecule has 2 heterocycles. The summed E-state index contributed by atoms with van der Waals surface area (Å²) in [7, 11) is 0. The summed E-state index contributed by atoms with van der Waals surface area (Å²) in [4.78, 5) is 29.9. The highest BCUT2D eigenvalue weighted by atomic mass is 16.2. The lowest BCUT2D eigenvalue weighted by Crippen LogP contribution is -2.55. The van der Waals surface area contributed by atoms with E-state index >= 15 is 0 Å². The summed E-state index contributed by atoms with van der Waals surface area (Å²) in [6, 6.07) is 15.0. The molecular formula is C31H40N2O2. The molecule has 0 saturated carbocycles. The van der Waals surface area contributed by atoms with Crippen LogP contribution in [0.25, 0.3) is 5.57 Å². The van der Waals surface area contributed by atoms with Gasteiger partial charge in [-0.05, 0) is 82.4 Å². The van der Waals surface area contributed by atoms with Gasteiger partial charge in [-0.2, -0.15) is 0 Å². The van der Waals surface area contributed by atoms with Crippen molar-refractivity contribution in [3.63, 3.8) is 0 Å². The van der Waals surface area contributed by atoms with Crippen molar-refractivity contribution in [2.45, 2.75) is 97.6 Å². The van der Waals surface area contributed by atoms with Crippen LogP contribution in [0.5, 0.6) is 0 Å². The molecule has 0 spiro atoms. The van der Waals surface area contributed by atoms with Crippen LogP contribution in [0.2, 0.25) is 0 Å². The van der Waals surface area contributed by atoms with Gasteiger partial charge in [-0.1, -0.05) is 50.6 Å². The van der Waals surface area contributed by atoms with Crippen LogP contribution in [0.15, 0.2) is 48.5 Å². The van der Waals surface area contributed by atoms with Crippen LogP contribution < -0.4 is 9.80 Å². The maximum absolute atomic E-state index is 13.4. The van der Waals surface area contributed by atoms with Gasteiger partial charge in [0, 0.05) is 35.5 Å². The number of allylic oxidation sites excluding steroid dienone is 1. The minimum atomic E-state index is -0.368. The molecule has 0 bridgehead atoms. The summed E-state index contributed by atoms with van der Waals surface area (Å²) in [6.45, 7) is 16.7. The topological polar surface area (TPSA) is 40.6 Å². The van der Waals surface area contributed by atoms with Crippen LogP contribution in [0.3, 0.4) is 0 Å². The Kier molecular flexibility index (Phi) is 6.24. The molecule has 2 aromatic carbocycles. The first kappa shape index (κ1) is 25.2. The Hall–Kier alpha value is -2.88. The molecule has 4 nitrogen and oxygen atoms in total. The molecule has 0 fully saturated rings. The number of amides is 2. The van der Waals surface area contributed by atoms with Gasteiger partial charge in [0.15, 0.2) is 0 Å². The number of carbonyl (C=O) groups excluding carboxylic acids is 2. The van der Waals surface area contributed by atoms with Gasteiger partial charge in [0.05, 0.1) is 11.2 Å². The zero-order valence-corrected chi connectivity index (χ0v) is 22.7. The summed E-state index contributed by atoms with van der Waals surface area (Å²) in [5.74, 6) is 0.249. The lowest BCUT2D eigenvalue weighted by Gasteiger charge is -2.51. The Labute approximate surface area is 211 Å². The number of nitrogens with zero attached hydrogens (tertiary/aromatic N) is 2. The standard InChI is InChI=1S/C31H40N2O2/c1-9-10-15-28(35)33-27-14-12-11-13-25(27)31(8,20-30(33,6)7)23-16-17-26-24(18-23)21(2)19-29(4,5)32(26)22(3)34/h11-14,16-19H,9-10,15,20H2,1-8H3/t31-/m1/s1. The zero-order chi connectivity index (χ0) is 25.8. The fraction of sp³-hybridized carbons (Fsp3) is 0.484. The second kappa shape index (κ2) is 8.65. The van der Waals surface area contributed by atoms with Gasteiger partial charge in [-0.15, -0.1) is 0 Å². The molecule has 2 aromatic rings. The number of unbranched alkanes of at least 4 members (excludes halogenated alkanes) is 1. The van der Waals surface area contributed by atoms with Gasteiger partial charge in [0.1, 0.15) is 0 Å². The zero-order valence-electron chi connectivity index (χ0n) is 22.7. The normalized spacial score (nSPS) is 22.2. The van der Waals surface area contributed by atoms with Crippen molar-refractivity contribution in [3.05, 3.63) is 65.2 Å². The van der Waals surface area contributed by atoms with Crippen LogP contribution in [0, 0.1) is 0 Å². The maximum Gasteiger partial charge on any atom is 0.227 e. The van der Waals surface area contributed by atoms with Crippen molar-refractivity contribution in [2.75, 3.05) is 9.80 Å². The number of benzene rings is 2. The predicted molar refractivity (Wildman–Crippen MR) is 146 cm³/mol. The molecule has 4 rings (SSSR count). The minimum Gasteiger partial charge on any atom is -0.307 e. The molecule has 0 aromatic heterocycles. The van der Waals surface area contributed by atoms with Crippen LogP contribution in [0.1, 0.15) is 97.8 Å². The quantitative estimate of drug-likeness (QED) is 0.470. The number of fused-ring (bicyclic) bond motifs is 2. The van der Waals surface area contributed by atoms with E-state index in [1.807, 2.05) is 15.9 Å². The predicted octanol–water partition coefficient (Wildman–Crippen LogP) is 7.25. The van der Waals surface area contributed by atoms with E-state index in [9.17, 15) is 9.59 Å². The number of anilines is 2. The third kappa shape index (κ3) is 4.11. The van der Waals surface area contributed by atoms with E-state index in [0.717, 1.165) is 36.2 Å². The van der Waals surface area contributed by atoms with Crippen molar-refractivity contribution < 1.29 is 9.59 Å². The summed E-state index contributed by atoms with van der Waals surface area (Å²) >= 11 is 0. The van der Waals surface area contributed by atoms with E-state index in [1.165, 1.54) is 16.7 Å². The molecule has 2 amide bonds. The lowest BCUT2D eigenvalue weighted by atomic mass is 9.64. The molecule has 1 atom stereocenters. The molecule has 35 heavy (non-hydrogen) atoms. The molecule has 186 valence electrons. The van der Waals surface area contributed by atoms with E-state index in [-0.39, 0.29) is 28.3 Å². The highest BCUT2D eigenvalue weighted by Crippen LogP contribution is 2.52. The first-order valence-corrected chi connectivity index (χ1v) is 12.9. The smallest absolute Gasteiger partial charge is 0.227 e. The van der Waals surface area contributed by atoms with E-state index in [1.54, 1.807) is 6.92 Å². The summed E-state index contributed by atoms with van der Waals surface area (Å²) in [5.41, 5.74) is 5.71. The fourth-order valence-electron chi connectivity index (χ4n) is 6.62. The Bertz CT molecular complexity index is 1210. The van der Waals surface area contributed by atoms with Crippen LogP contribution in [0.4, 0.5) is 11.4 Å². The number of para-hydroxylation sites is 1. The number of rotatable bonds is 4. The second-order valence-corrected chi connectivity index (χ2v) is 11.7. The molecule has 0 N–H and O–H groups in total. The van der Waals surface area contributed by atoms with Crippen LogP contribution in [-0.2, 0) is 15.0 Å². The number of carbonyl (C=O) groups is 2. The van der Waals surface area contributed by atoms with E-state index < -0.39 is 0 Å². The largest absolute Gasteiger partial charge is 0.307 e. The Morgan fingerprint density at radius 1 is 0.943 bits per heavy atom. The molecule has 0 aliphatic carbocycles. The van der Waals surface area contributed by atoms with Gasteiger partial charge < -0.3 is 9.80 Å². The first-order chi connectivity index (χ1) is 16.3. The fourth-order valence-corrected chi connectivity index (χ4v) is 6.62. The molecule has 2 aliphatic heterocycles. The summed E-state index contributed by atoms with van der Waals surface area (Å²) in [5, 5.41) is 0. The maximum atomic E-state index is 13.4. The third-order valence-electron chi connectivity index (χ3n) is 7.88. The highest BCUT2D eigenvalue weighted by Gasteiger charge is 2.48. The summed E-state index contributed by atoms with van der Waals surface area (Å²) in [6.07, 6.45) is 5.50. The highest BCUT2D eigenvalue weighted by molar-refractivity contribution is 6.00. The van der Waals surface area contributed by atoms with Crippen LogP contribution >= 0.6 is 0 Å². The first-order valence-electron chi connectivity index (χ1n) is 12.9. The molecule has 4 heteroatoms. The second-order valence-electron chi connectivity index (χ2n) is 11.7. The van der Waals surface area contributed by atoms with Gasteiger partial charge in [-0.25, -0.2) is 0 Å². The van der Waals surface area contributed by atoms with Crippen LogP contribution in [-0.4, -0.2) is 22.9 Å². The minimum absolute atomic E-state index is 0.0457. The molecule has 0 unspecified atom stereocenters. The lowest BCUT2D eigenvalue weighted by molar-refractivity contribution is -0.120. The molecular weight excluding hydrogens is 432 g/mol. The van der Waals surface area contributed by atoms with Crippen molar-refractivity contribution in [1.29, 1.82) is 0 Å². The number of hydrogen-bond acceptors (Lipinski definition) is 2. The Morgan fingerprint density at radius 2 is 1.63 bits per heavy atom. The molecule has 2 aliphatic rings. The Morgan fingerprint density at radius 3 is 2.29 bits per heavy atom. The van der Waals surface area contributed by atoms with Gasteiger partial charge in [-0.3, -0.25) is 9.59 Å². The van der Waals surface area contributed by atoms with E-state index in [0.29, 0.717) is 6.42 Å². The Balaban J connectivity index is 1.87. The monoisotopic (exact) mass is 472 g/mol. The van der Waals surface area contributed by atoms with Gasteiger partial charge in [0.25, 0.3) is 0 Å². The van der Waals surface area contributed by atoms with E-state index in [2.05, 4.69) is 90.9 Å². The molecule has 0 saturated heterocycles.